The second kappa shape index (κ2) is 16.0. The minimum absolute atomic E-state index is 0.0490. The van der Waals surface area contributed by atoms with E-state index >= 15 is 0 Å². The van der Waals surface area contributed by atoms with E-state index in [4.69, 9.17) is 0 Å². The van der Waals surface area contributed by atoms with Crippen LogP contribution in [0.2, 0.25) is 0 Å². The summed E-state index contributed by atoms with van der Waals surface area (Å²) in [6.45, 7) is 13.8. The molecule has 11 nitrogen and oxygen atoms in total. The summed E-state index contributed by atoms with van der Waals surface area (Å²) in [7, 11) is -4.02. The van der Waals surface area contributed by atoms with Gasteiger partial charge in [0.05, 0.1) is 22.8 Å². The van der Waals surface area contributed by atoms with Crippen LogP contribution in [0.3, 0.4) is 0 Å². The number of thioether (sulfide) groups is 1. The number of carbonyl (C=O) groups is 1. The number of nitrogens with one attached hydrogen (secondary N) is 4. The second-order valence-corrected chi connectivity index (χ2v) is 11.6. The van der Waals surface area contributed by atoms with Gasteiger partial charge in [-0.15, -0.1) is 0 Å². The van der Waals surface area contributed by atoms with E-state index in [1.165, 1.54) is 24.4 Å². The summed E-state index contributed by atoms with van der Waals surface area (Å²) in [5.41, 5.74) is 0.229. The van der Waals surface area contributed by atoms with E-state index in [1.807, 2.05) is 52.3 Å². The number of pyridine rings is 1. The Labute approximate surface area is 251 Å². The van der Waals surface area contributed by atoms with E-state index < -0.39 is 27.3 Å². The molecule has 3 heterocycles. The number of sulfonamides is 1. The normalized spacial score (nSPS) is 13.9. The Balaban J connectivity index is 0.000000966. The molecule has 0 unspecified atom stereocenters. The zero-order chi connectivity index (χ0) is 31.4. The third-order valence-corrected chi connectivity index (χ3v) is 8.44. The maximum Gasteiger partial charge on any atom is 0.334 e. The van der Waals surface area contributed by atoms with Crippen LogP contribution >= 0.6 is 11.8 Å². The summed E-state index contributed by atoms with van der Waals surface area (Å²) in [6, 6.07) is 7.42. The van der Waals surface area contributed by atoms with E-state index in [0.29, 0.717) is 23.4 Å². The van der Waals surface area contributed by atoms with Crippen molar-refractivity contribution in [2.75, 3.05) is 10.6 Å². The first-order valence-electron chi connectivity index (χ1n) is 14.1. The number of aromatic amines is 1. The van der Waals surface area contributed by atoms with Crippen molar-refractivity contribution in [3.63, 3.8) is 0 Å². The molecule has 1 aliphatic carbocycles. The average Bonchev–Trinajstić information content (AvgIpc) is 3.81. The highest BCUT2D eigenvalue weighted by molar-refractivity contribution is 8.20. The molecule has 13 heteroatoms. The maximum atomic E-state index is 13.0. The van der Waals surface area contributed by atoms with Crippen molar-refractivity contribution >= 4 is 50.1 Å². The lowest BCUT2D eigenvalue weighted by atomic mass is 10.2. The number of nitrogens with zero attached hydrogens (tertiary/aromatic N) is 2. The summed E-state index contributed by atoms with van der Waals surface area (Å²) in [5, 5.41) is 6.04. The fourth-order valence-corrected chi connectivity index (χ4v) is 5.97. The molecule has 2 aromatic heterocycles. The number of allylic oxidation sites excluding steroid dienone is 3. The number of urea groups is 1. The Morgan fingerprint density at radius 3 is 2.26 bits per heavy atom. The molecule has 5 rings (SSSR count). The molecule has 0 radical (unpaired) electrons. The second-order valence-electron chi connectivity index (χ2n) is 8.39. The van der Waals surface area contributed by atoms with Gasteiger partial charge in [-0.05, 0) is 61.4 Å². The first-order valence-corrected chi connectivity index (χ1v) is 16.4. The van der Waals surface area contributed by atoms with Gasteiger partial charge in [0, 0.05) is 11.7 Å². The van der Waals surface area contributed by atoms with E-state index in [1.54, 1.807) is 25.1 Å². The summed E-state index contributed by atoms with van der Waals surface area (Å²) in [5.74, 6) is 0.0490. The smallest absolute Gasteiger partial charge is 0.334 e. The minimum atomic E-state index is -4.02. The third-order valence-electron chi connectivity index (χ3n) is 5.52. The van der Waals surface area contributed by atoms with Crippen molar-refractivity contribution in [2.24, 2.45) is 0 Å². The number of carbonyl (C=O) groups excluding carboxylic acids is 1. The minimum Gasteiger partial charge on any atom is -0.382 e. The molecule has 4 N–H and O–H groups in total. The maximum absolute atomic E-state index is 13.0. The molecule has 0 atom stereocenters. The van der Waals surface area contributed by atoms with Crippen molar-refractivity contribution < 1.29 is 13.2 Å². The highest BCUT2D eigenvalue weighted by Crippen LogP contribution is 2.33. The van der Waals surface area contributed by atoms with E-state index in [9.17, 15) is 22.8 Å². The van der Waals surface area contributed by atoms with Crippen LogP contribution in [0.5, 0.6) is 0 Å². The van der Waals surface area contributed by atoms with Crippen molar-refractivity contribution in [1.29, 1.82) is 0 Å². The van der Waals surface area contributed by atoms with Crippen molar-refractivity contribution in [3.05, 3.63) is 78.7 Å². The zero-order valence-corrected chi connectivity index (χ0v) is 26.7. The first kappa shape index (κ1) is 34.4. The number of rotatable bonds is 6. The quantitative estimate of drug-likeness (QED) is 0.260. The SMILES string of the molecule is CC.CC.CC.CC1=CCC=C(S(=O)(=O)NC(=O)Nc2ccc(-n3c(=O)[nH]c4cc(NC5CC5)ccc4c3=O)nc2)S1. The van der Waals surface area contributed by atoms with Crippen LogP contribution < -0.4 is 26.6 Å². The summed E-state index contributed by atoms with van der Waals surface area (Å²) in [4.78, 5) is 45.6. The summed E-state index contributed by atoms with van der Waals surface area (Å²) in [6.07, 6.45) is 7.28. The summed E-state index contributed by atoms with van der Waals surface area (Å²) >= 11 is 1.06. The lowest BCUT2D eigenvalue weighted by molar-refractivity contribution is 0.256. The molecule has 1 aromatic carbocycles. The van der Waals surface area contributed by atoms with Gasteiger partial charge < -0.3 is 15.6 Å². The highest BCUT2D eigenvalue weighted by Gasteiger charge is 2.23. The molecule has 1 fully saturated rings. The number of H-pyrrole nitrogens is 1. The summed E-state index contributed by atoms with van der Waals surface area (Å²) < 4.78 is 27.8. The number of hydrogen-bond acceptors (Lipinski definition) is 8. The molecular formula is C29H40N6O5S2. The molecule has 228 valence electrons. The fourth-order valence-electron chi connectivity index (χ4n) is 3.63. The predicted octanol–water partition coefficient (Wildman–Crippen LogP) is 6.06. The van der Waals surface area contributed by atoms with Gasteiger partial charge in [-0.3, -0.25) is 4.79 Å². The molecule has 0 spiro atoms. The molecular weight excluding hydrogens is 576 g/mol. The van der Waals surface area contributed by atoms with Crippen LogP contribution in [0.15, 0.2) is 67.4 Å². The number of anilines is 2. The number of fused-ring (bicyclic) bond motifs is 1. The van der Waals surface area contributed by atoms with Crippen LogP contribution in [-0.4, -0.2) is 35.0 Å². The molecule has 0 saturated heterocycles. The van der Waals surface area contributed by atoms with Crippen LogP contribution in [0.25, 0.3) is 16.7 Å². The molecule has 0 bridgehead atoms. The van der Waals surface area contributed by atoms with Gasteiger partial charge >= 0.3 is 11.7 Å². The highest BCUT2D eigenvalue weighted by atomic mass is 32.3. The Bertz CT molecular complexity index is 1650. The number of benzene rings is 1. The van der Waals surface area contributed by atoms with Gasteiger partial charge in [-0.1, -0.05) is 65.5 Å². The Morgan fingerprint density at radius 2 is 1.67 bits per heavy atom. The van der Waals surface area contributed by atoms with E-state index in [-0.39, 0.29) is 15.7 Å². The van der Waals surface area contributed by atoms with Crippen LogP contribution in [0, 0.1) is 0 Å². The standard InChI is InChI=1S/C23H22N6O5S2.3C2H6/c1-13-3-2-4-20(35-13)36(33,34)28-22(31)26-16-8-10-19(24-12-16)29-21(30)17-9-7-15(25-14-5-6-14)11-18(17)27-23(29)32;3*1-2/h3-4,7-12,14,25H,2,5-6H2,1H3,(H,27,32)(H2,26,28,31);3*1-2H3. The van der Waals surface area contributed by atoms with Gasteiger partial charge in [-0.2, -0.15) is 0 Å². The largest absolute Gasteiger partial charge is 0.382 e. The number of amides is 2. The van der Waals surface area contributed by atoms with Gasteiger partial charge in [0.2, 0.25) is 0 Å². The van der Waals surface area contributed by atoms with Gasteiger partial charge in [-0.25, -0.2) is 32.3 Å². The molecule has 3 aromatic rings. The number of hydrogen-bond donors (Lipinski definition) is 4. The molecule has 42 heavy (non-hydrogen) atoms. The van der Waals surface area contributed by atoms with E-state index in [0.717, 1.165) is 39.8 Å². The van der Waals surface area contributed by atoms with Gasteiger partial charge in [0.25, 0.3) is 15.6 Å². The Kier molecular flexibility index (Phi) is 13.1. The molecule has 1 aliphatic heterocycles. The van der Waals surface area contributed by atoms with Crippen molar-refractivity contribution in [3.8, 4) is 5.82 Å². The number of aromatic nitrogens is 3. The average molecular weight is 617 g/mol. The van der Waals surface area contributed by atoms with Gasteiger partial charge in [0.15, 0.2) is 0 Å². The molecule has 2 amide bonds. The lowest BCUT2D eigenvalue weighted by Crippen LogP contribution is -2.35. The molecule has 1 saturated carbocycles. The van der Waals surface area contributed by atoms with Crippen molar-refractivity contribution in [2.45, 2.75) is 73.8 Å². The third kappa shape index (κ3) is 8.83. The Hall–Kier alpha value is -3.84. The van der Waals surface area contributed by atoms with Crippen molar-refractivity contribution in [1.82, 2.24) is 19.3 Å². The first-order chi connectivity index (χ1) is 20.2. The lowest BCUT2D eigenvalue weighted by Gasteiger charge is -2.14. The Morgan fingerprint density at radius 1 is 1.00 bits per heavy atom. The van der Waals surface area contributed by atoms with Crippen LogP contribution in [0.1, 0.15) is 67.7 Å². The topological polar surface area (TPSA) is 155 Å². The van der Waals surface area contributed by atoms with E-state index in [2.05, 4.69) is 20.6 Å². The monoisotopic (exact) mass is 616 g/mol. The predicted molar refractivity (Wildman–Crippen MR) is 174 cm³/mol. The zero-order valence-electron chi connectivity index (χ0n) is 25.1. The van der Waals surface area contributed by atoms with Crippen LogP contribution in [0.4, 0.5) is 16.2 Å². The fraction of sp³-hybridized carbons (Fsp3) is 0.379. The van der Waals surface area contributed by atoms with Gasteiger partial charge in [0.1, 0.15) is 10.1 Å². The van der Waals surface area contributed by atoms with Crippen LogP contribution in [-0.2, 0) is 10.0 Å². The molecule has 2 aliphatic rings.